The van der Waals surface area contributed by atoms with Gasteiger partial charge in [0.1, 0.15) is 5.75 Å². The summed E-state index contributed by atoms with van der Waals surface area (Å²) in [5.41, 5.74) is 0.0151. The Labute approximate surface area is 139 Å². The SMILES string of the molecule is O=C([O-])CN=Cc1cc([N+](=O)O)ccc1O.[K+]. The van der Waals surface area contributed by atoms with Gasteiger partial charge in [-0.15, -0.1) is 0 Å². The predicted molar refractivity (Wildman–Crippen MR) is 50.6 cm³/mol. The molecule has 0 bridgehead atoms. The van der Waals surface area contributed by atoms with Gasteiger partial charge < -0.3 is 15.0 Å². The number of aromatic hydroxyl groups is 1. The van der Waals surface area contributed by atoms with E-state index < -0.39 is 12.5 Å². The van der Waals surface area contributed by atoms with E-state index in [1.807, 2.05) is 0 Å². The van der Waals surface area contributed by atoms with E-state index in [1.165, 1.54) is 12.1 Å². The summed E-state index contributed by atoms with van der Waals surface area (Å²) in [6.45, 7) is -0.552. The summed E-state index contributed by atoms with van der Waals surface area (Å²) in [5, 5.41) is 28.0. The first-order valence-electron chi connectivity index (χ1n) is 4.19. The van der Waals surface area contributed by atoms with Crippen LogP contribution in [0.15, 0.2) is 23.2 Å². The first-order chi connectivity index (χ1) is 7.50. The minimum atomic E-state index is -1.36. The zero-order valence-electron chi connectivity index (χ0n) is 9.03. The van der Waals surface area contributed by atoms with Crippen LogP contribution in [0.25, 0.3) is 0 Å². The minimum absolute atomic E-state index is 0. The standard InChI is InChI=1S/C9H8N2O5.K/c12-8-2-1-7(11(15)16)3-6(8)4-10-5-9(13)14;/h1-4H,5H2,(H2-,10,12,13,14,15,16);/q;+1. The second-order valence-corrected chi connectivity index (χ2v) is 2.86. The third-order valence-electron chi connectivity index (χ3n) is 1.68. The molecule has 0 aliphatic rings. The molecule has 0 saturated heterocycles. The Morgan fingerprint density at radius 2 is 2.18 bits per heavy atom. The zero-order chi connectivity index (χ0) is 12.1. The van der Waals surface area contributed by atoms with Gasteiger partial charge in [0.05, 0.1) is 17.4 Å². The zero-order valence-corrected chi connectivity index (χ0v) is 12.2. The third kappa shape index (κ3) is 5.37. The molecule has 0 aromatic heterocycles. The molecule has 17 heavy (non-hydrogen) atoms. The van der Waals surface area contributed by atoms with Crippen LogP contribution in [0.5, 0.6) is 5.75 Å². The summed E-state index contributed by atoms with van der Waals surface area (Å²) >= 11 is 0. The Balaban J connectivity index is 0.00000256. The molecule has 0 amide bonds. The van der Waals surface area contributed by atoms with Gasteiger partial charge in [0.15, 0.2) is 0 Å². The molecule has 1 rings (SSSR count). The van der Waals surface area contributed by atoms with E-state index in [0.717, 1.165) is 12.3 Å². The van der Waals surface area contributed by atoms with Gasteiger partial charge in [0.2, 0.25) is 0 Å². The maximum absolute atomic E-state index is 10.5. The van der Waals surface area contributed by atoms with Crippen LogP contribution >= 0.6 is 0 Å². The summed E-state index contributed by atoms with van der Waals surface area (Å²) < 4.78 is 0. The number of carbonyl (C=O) groups is 1. The van der Waals surface area contributed by atoms with Crippen LogP contribution in [0.2, 0.25) is 0 Å². The quantitative estimate of drug-likeness (QED) is 0.330. The Morgan fingerprint density at radius 1 is 1.53 bits per heavy atom. The number of rotatable bonds is 4. The Morgan fingerprint density at radius 3 is 2.71 bits per heavy atom. The van der Waals surface area contributed by atoms with Gasteiger partial charge in [0.25, 0.3) is 4.92 Å². The second-order valence-electron chi connectivity index (χ2n) is 2.86. The van der Waals surface area contributed by atoms with E-state index in [-0.39, 0.29) is 73.3 Å². The van der Waals surface area contributed by atoms with Crippen LogP contribution in [0.1, 0.15) is 5.56 Å². The fourth-order valence-corrected chi connectivity index (χ4v) is 0.983. The van der Waals surface area contributed by atoms with E-state index in [0.29, 0.717) is 0 Å². The summed E-state index contributed by atoms with van der Waals surface area (Å²) in [7, 11) is 0. The number of hydrogen-bond donors (Lipinski definition) is 2. The van der Waals surface area contributed by atoms with Crippen molar-refractivity contribution in [3.05, 3.63) is 28.7 Å². The Kier molecular flexibility index (Phi) is 7.15. The number of phenols is 1. The molecule has 0 aliphatic carbocycles. The van der Waals surface area contributed by atoms with Crippen molar-refractivity contribution in [2.24, 2.45) is 4.99 Å². The van der Waals surface area contributed by atoms with Gasteiger partial charge >= 0.3 is 57.1 Å². The van der Waals surface area contributed by atoms with E-state index >= 15 is 0 Å². The first kappa shape index (κ1) is 16.2. The maximum atomic E-state index is 10.5. The molecule has 0 unspecified atom stereocenters. The molecule has 84 valence electrons. The molecule has 7 nitrogen and oxygen atoms in total. The average molecular weight is 263 g/mol. The smallest absolute Gasteiger partial charge is 0.548 e. The van der Waals surface area contributed by atoms with Gasteiger partial charge in [-0.3, -0.25) is 4.99 Å². The normalized spacial score (nSPS) is 9.88. The van der Waals surface area contributed by atoms with E-state index in [9.17, 15) is 19.9 Å². The summed E-state index contributed by atoms with van der Waals surface area (Å²) in [4.78, 5) is 23.7. The Hall–Kier alpha value is -0.804. The number of aliphatic carboxylic acids is 1. The molecule has 0 radical (unpaired) electrons. The fourth-order valence-electron chi connectivity index (χ4n) is 0.983. The number of nitrogens with zero attached hydrogens (tertiary/aromatic N) is 2. The van der Waals surface area contributed by atoms with Crippen molar-refractivity contribution in [2.75, 3.05) is 6.54 Å². The van der Waals surface area contributed by atoms with Crippen LogP contribution in [-0.2, 0) is 4.79 Å². The molecule has 0 saturated carbocycles. The number of carboxylic acid groups (broad SMARTS) is 1. The number of hydrogen-bond acceptors (Lipinski definition) is 5. The molecule has 1 aromatic carbocycles. The molecule has 0 spiro atoms. The van der Waals surface area contributed by atoms with Crippen LogP contribution in [0.3, 0.4) is 0 Å². The number of carbonyl (C=O) groups excluding carboxylic acids is 1. The summed E-state index contributed by atoms with van der Waals surface area (Å²) in [5.74, 6) is -1.55. The van der Waals surface area contributed by atoms with E-state index in [1.54, 1.807) is 0 Å². The molecule has 8 heteroatoms. The van der Waals surface area contributed by atoms with Crippen molar-refractivity contribution >= 4 is 17.9 Å². The average Bonchev–Trinajstić information content (AvgIpc) is 2.20. The molecule has 2 N–H and O–H groups in total. The third-order valence-corrected chi connectivity index (χ3v) is 1.68. The molecular weight excluding hydrogens is 255 g/mol. The molecule has 0 heterocycles. The minimum Gasteiger partial charge on any atom is -0.548 e. The van der Waals surface area contributed by atoms with Crippen molar-refractivity contribution in [3.63, 3.8) is 0 Å². The first-order valence-corrected chi connectivity index (χ1v) is 4.19. The van der Waals surface area contributed by atoms with Crippen molar-refractivity contribution in [1.82, 2.24) is 0 Å². The van der Waals surface area contributed by atoms with E-state index in [2.05, 4.69) is 4.99 Å². The predicted octanol–water partition coefficient (Wildman–Crippen LogP) is -3.64. The maximum Gasteiger partial charge on any atom is 1.00 e. The van der Waals surface area contributed by atoms with Crippen LogP contribution in [0, 0.1) is 4.91 Å². The number of benzene rings is 1. The molecule has 0 fully saturated rings. The van der Waals surface area contributed by atoms with Crippen molar-refractivity contribution in [2.45, 2.75) is 0 Å². The molecule has 1 aromatic rings. The summed E-state index contributed by atoms with van der Waals surface area (Å²) in [6, 6.07) is 3.52. The number of carboxylic acids is 1. The topological polar surface area (TPSA) is 113 Å². The van der Waals surface area contributed by atoms with E-state index in [4.69, 9.17) is 5.21 Å². The summed E-state index contributed by atoms with van der Waals surface area (Å²) in [6.07, 6.45) is 1.07. The van der Waals surface area contributed by atoms with Crippen LogP contribution in [-0.4, -0.2) is 34.0 Å². The van der Waals surface area contributed by atoms with Gasteiger partial charge in [-0.2, -0.15) is 0 Å². The van der Waals surface area contributed by atoms with Crippen molar-refractivity contribution < 1.29 is 76.5 Å². The second kappa shape index (κ2) is 7.51. The molecular formula is C9H8KN2O5+. The van der Waals surface area contributed by atoms with Crippen LogP contribution < -0.4 is 56.5 Å². The fraction of sp³-hybridized carbons (Fsp3) is 0.111. The Bertz CT molecular complexity index is 461. The van der Waals surface area contributed by atoms with Gasteiger partial charge in [0, 0.05) is 23.9 Å². The largest absolute Gasteiger partial charge is 1.00 e. The number of phenolic OH excluding ortho intramolecular Hbond substituents is 1. The monoisotopic (exact) mass is 263 g/mol. The molecule has 0 aliphatic heterocycles. The molecule has 0 atom stereocenters. The van der Waals surface area contributed by atoms with Gasteiger partial charge in [-0.25, -0.2) is 5.21 Å². The van der Waals surface area contributed by atoms with Gasteiger partial charge in [-0.1, -0.05) is 0 Å². The van der Waals surface area contributed by atoms with Crippen molar-refractivity contribution in [1.29, 1.82) is 0 Å². The van der Waals surface area contributed by atoms with Crippen LogP contribution in [0.4, 0.5) is 5.69 Å². The van der Waals surface area contributed by atoms with Crippen molar-refractivity contribution in [3.8, 4) is 5.75 Å². The van der Waals surface area contributed by atoms with Gasteiger partial charge in [-0.05, 0) is 6.07 Å². The number of aliphatic imine (C=N–C) groups is 1.